The van der Waals surface area contributed by atoms with Gasteiger partial charge in [-0.15, -0.1) is 0 Å². The Labute approximate surface area is 101 Å². The molecule has 0 amide bonds. The Hall–Kier alpha value is -1.10. The second-order valence-electron chi connectivity index (χ2n) is 4.08. The first-order chi connectivity index (χ1) is 7.65. The average molecular weight is 239 g/mol. The number of hydrogen-bond acceptors (Lipinski definition) is 3. The van der Waals surface area contributed by atoms with Crippen LogP contribution in [0, 0.1) is 0 Å². The van der Waals surface area contributed by atoms with Crippen molar-refractivity contribution in [2.75, 3.05) is 0 Å². The third kappa shape index (κ3) is 1.91. The van der Waals surface area contributed by atoms with E-state index in [1.807, 2.05) is 17.8 Å². The molecule has 0 aromatic carbocycles. The van der Waals surface area contributed by atoms with Gasteiger partial charge in [0.15, 0.2) is 5.75 Å². The van der Waals surface area contributed by atoms with E-state index in [-0.39, 0.29) is 6.04 Å². The maximum absolute atomic E-state index is 5.46. The predicted octanol–water partition coefficient (Wildman–Crippen LogP) is 2.57. The van der Waals surface area contributed by atoms with Crippen molar-refractivity contribution in [3.05, 3.63) is 11.9 Å². The highest BCUT2D eigenvalue weighted by Gasteiger charge is 2.25. The largest absolute Gasteiger partial charge is 0.428 e. The van der Waals surface area contributed by atoms with E-state index >= 15 is 0 Å². The SMILES string of the molecule is CCC(CC)n1cc2c(n1)C(C)NC(=S)O2. The van der Waals surface area contributed by atoms with Gasteiger partial charge in [-0.2, -0.15) is 5.10 Å². The fourth-order valence-corrected chi connectivity index (χ4v) is 2.26. The van der Waals surface area contributed by atoms with Crippen molar-refractivity contribution in [3.8, 4) is 5.75 Å². The standard InChI is InChI=1S/C11H17N3OS/c1-4-8(5-2)14-6-9-10(13-14)7(3)12-11(16)15-9/h6-8H,4-5H2,1-3H3,(H,12,16). The summed E-state index contributed by atoms with van der Waals surface area (Å²) in [5.41, 5.74) is 0.945. The molecule has 88 valence electrons. The van der Waals surface area contributed by atoms with Crippen LogP contribution < -0.4 is 10.1 Å². The van der Waals surface area contributed by atoms with Crippen molar-refractivity contribution in [2.24, 2.45) is 0 Å². The third-order valence-electron chi connectivity index (χ3n) is 2.99. The molecular formula is C11H17N3OS. The molecule has 1 N–H and O–H groups in total. The number of nitrogens with zero attached hydrogens (tertiary/aromatic N) is 2. The number of nitrogens with one attached hydrogen (secondary N) is 1. The molecular weight excluding hydrogens is 222 g/mol. The van der Waals surface area contributed by atoms with Gasteiger partial charge in [-0.05, 0) is 32.0 Å². The van der Waals surface area contributed by atoms with Crippen LogP contribution in [0.3, 0.4) is 0 Å². The molecule has 0 bridgehead atoms. The van der Waals surface area contributed by atoms with E-state index in [2.05, 4.69) is 24.3 Å². The van der Waals surface area contributed by atoms with Gasteiger partial charge in [-0.1, -0.05) is 13.8 Å². The van der Waals surface area contributed by atoms with Crippen LogP contribution >= 0.6 is 12.2 Å². The lowest BCUT2D eigenvalue weighted by atomic mass is 10.2. The highest BCUT2D eigenvalue weighted by molar-refractivity contribution is 7.80. The zero-order valence-corrected chi connectivity index (χ0v) is 10.7. The molecule has 5 heteroatoms. The molecule has 0 saturated heterocycles. The van der Waals surface area contributed by atoms with Gasteiger partial charge in [0.05, 0.1) is 18.3 Å². The molecule has 1 unspecified atom stereocenters. The Bertz CT molecular complexity index is 398. The normalized spacial score (nSPS) is 19.2. The van der Waals surface area contributed by atoms with Gasteiger partial charge < -0.3 is 10.1 Å². The zero-order valence-electron chi connectivity index (χ0n) is 9.86. The summed E-state index contributed by atoms with van der Waals surface area (Å²) in [6, 6.07) is 0.571. The van der Waals surface area contributed by atoms with Crippen LogP contribution in [-0.2, 0) is 0 Å². The summed E-state index contributed by atoms with van der Waals surface area (Å²) in [7, 11) is 0. The Morgan fingerprint density at radius 2 is 2.25 bits per heavy atom. The summed E-state index contributed by atoms with van der Waals surface area (Å²) in [6.45, 7) is 6.38. The van der Waals surface area contributed by atoms with Gasteiger partial charge in [-0.25, -0.2) is 0 Å². The maximum Gasteiger partial charge on any atom is 0.262 e. The first-order valence-electron chi connectivity index (χ1n) is 5.73. The Balaban J connectivity index is 2.32. The van der Waals surface area contributed by atoms with Crippen LogP contribution in [0.15, 0.2) is 6.20 Å². The van der Waals surface area contributed by atoms with E-state index < -0.39 is 0 Å². The molecule has 2 heterocycles. The van der Waals surface area contributed by atoms with Crippen molar-refractivity contribution < 1.29 is 4.74 Å². The summed E-state index contributed by atoms with van der Waals surface area (Å²) < 4.78 is 7.46. The molecule has 1 atom stereocenters. The fourth-order valence-electron chi connectivity index (χ4n) is 1.99. The molecule has 0 spiro atoms. The molecule has 2 rings (SSSR count). The van der Waals surface area contributed by atoms with Gasteiger partial charge in [0.1, 0.15) is 5.69 Å². The Kier molecular flexibility index (Phi) is 3.14. The second kappa shape index (κ2) is 4.41. The van der Waals surface area contributed by atoms with Gasteiger partial charge in [0, 0.05) is 0 Å². The number of aromatic nitrogens is 2. The molecule has 0 radical (unpaired) electrons. The molecule has 0 saturated carbocycles. The summed E-state index contributed by atoms with van der Waals surface area (Å²) >= 11 is 5.02. The summed E-state index contributed by atoms with van der Waals surface area (Å²) in [6.07, 6.45) is 4.10. The van der Waals surface area contributed by atoms with Crippen molar-refractivity contribution in [1.82, 2.24) is 15.1 Å². The summed E-state index contributed by atoms with van der Waals surface area (Å²) in [5, 5.41) is 8.07. The van der Waals surface area contributed by atoms with Crippen LogP contribution in [0.2, 0.25) is 0 Å². The highest BCUT2D eigenvalue weighted by atomic mass is 32.1. The summed E-state index contributed by atoms with van der Waals surface area (Å²) in [5.74, 6) is 0.795. The lowest BCUT2D eigenvalue weighted by Crippen LogP contribution is -2.33. The summed E-state index contributed by atoms with van der Waals surface area (Å²) in [4.78, 5) is 0. The Morgan fingerprint density at radius 3 is 2.88 bits per heavy atom. The minimum Gasteiger partial charge on any atom is -0.428 e. The number of rotatable bonds is 3. The number of thiocarbonyl (C=S) groups is 1. The fraction of sp³-hybridized carbons (Fsp3) is 0.636. The third-order valence-corrected chi connectivity index (χ3v) is 3.19. The quantitative estimate of drug-likeness (QED) is 0.823. The van der Waals surface area contributed by atoms with Gasteiger partial charge in [0.2, 0.25) is 0 Å². The highest BCUT2D eigenvalue weighted by Crippen LogP contribution is 2.29. The van der Waals surface area contributed by atoms with Crippen molar-refractivity contribution in [3.63, 3.8) is 0 Å². The molecule has 1 aromatic rings. The zero-order chi connectivity index (χ0) is 11.7. The minimum atomic E-state index is 0.131. The molecule has 4 nitrogen and oxygen atoms in total. The van der Waals surface area contributed by atoms with Crippen molar-refractivity contribution in [1.29, 1.82) is 0 Å². The molecule has 1 aromatic heterocycles. The van der Waals surface area contributed by atoms with Crippen molar-refractivity contribution >= 4 is 17.4 Å². The predicted molar refractivity (Wildman–Crippen MR) is 66.6 cm³/mol. The number of hydrogen-bond donors (Lipinski definition) is 1. The van der Waals surface area contributed by atoms with E-state index in [0.717, 1.165) is 24.3 Å². The number of fused-ring (bicyclic) bond motifs is 1. The van der Waals surface area contributed by atoms with E-state index in [4.69, 9.17) is 17.0 Å². The van der Waals surface area contributed by atoms with Gasteiger partial charge in [-0.3, -0.25) is 4.68 Å². The second-order valence-corrected chi connectivity index (χ2v) is 4.46. The van der Waals surface area contributed by atoms with Crippen LogP contribution in [0.4, 0.5) is 0 Å². The Morgan fingerprint density at radius 1 is 1.56 bits per heavy atom. The number of ether oxygens (including phenoxy) is 1. The van der Waals surface area contributed by atoms with Gasteiger partial charge >= 0.3 is 0 Å². The van der Waals surface area contributed by atoms with E-state index in [1.165, 1.54) is 0 Å². The minimum absolute atomic E-state index is 0.131. The van der Waals surface area contributed by atoms with E-state index in [0.29, 0.717) is 11.2 Å². The lowest BCUT2D eigenvalue weighted by molar-refractivity contribution is 0.422. The smallest absolute Gasteiger partial charge is 0.262 e. The first kappa shape index (κ1) is 11.4. The molecule has 0 aliphatic carbocycles. The van der Waals surface area contributed by atoms with Gasteiger partial charge in [0.25, 0.3) is 5.17 Å². The first-order valence-corrected chi connectivity index (χ1v) is 6.13. The van der Waals surface area contributed by atoms with Crippen molar-refractivity contribution in [2.45, 2.75) is 45.7 Å². The molecule has 1 aliphatic rings. The molecule has 0 fully saturated rings. The topological polar surface area (TPSA) is 39.1 Å². The maximum atomic E-state index is 5.46. The van der Waals surface area contributed by atoms with E-state index in [1.54, 1.807) is 0 Å². The monoisotopic (exact) mass is 239 g/mol. The van der Waals surface area contributed by atoms with Crippen LogP contribution in [0.25, 0.3) is 0 Å². The van der Waals surface area contributed by atoms with E-state index in [9.17, 15) is 0 Å². The van der Waals surface area contributed by atoms with Crippen LogP contribution in [-0.4, -0.2) is 15.0 Å². The van der Waals surface area contributed by atoms with Crippen LogP contribution in [0.5, 0.6) is 5.75 Å². The molecule has 1 aliphatic heterocycles. The lowest BCUT2D eigenvalue weighted by Gasteiger charge is -2.20. The molecule has 16 heavy (non-hydrogen) atoms. The van der Waals surface area contributed by atoms with Crippen LogP contribution in [0.1, 0.15) is 51.4 Å². The average Bonchev–Trinajstić information content (AvgIpc) is 2.63.